The molecule has 0 bridgehead atoms. The predicted molar refractivity (Wildman–Crippen MR) is 113 cm³/mol. The number of amides is 2. The van der Waals surface area contributed by atoms with Crippen molar-refractivity contribution >= 4 is 33.6 Å². The van der Waals surface area contributed by atoms with Crippen molar-refractivity contribution in [2.24, 2.45) is 0 Å². The Labute approximate surface area is 173 Å². The third-order valence-electron chi connectivity index (χ3n) is 5.32. The van der Waals surface area contributed by atoms with E-state index in [0.717, 1.165) is 28.9 Å². The maximum Gasteiger partial charge on any atom is 0.326 e. The molecular weight excluding hydrogens is 386 g/mol. The minimum atomic E-state index is -1.02. The van der Waals surface area contributed by atoms with Gasteiger partial charge in [0.05, 0.1) is 15.2 Å². The monoisotopic (exact) mass is 409 g/mol. The number of aromatic nitrogens is 1. The highest BCUT2D eigenvalue weighted by Gasteiger charge is 2.28. The van der Waals surface area contributed by atoms with Crippen LogP contribution in [0, 0.1) is 0 Å². The summed E-state index contributed by atoms with van der Waals surface area (Å²) in [5.41, 5.74) is 1.91. The Morgan fingerprint density at radius 1 is 1.10 bits per heavy atom. The lowest BCUT2D eigenvalue weighted by molar-refractivity contribution is -0.139. The minimum Gasteiger partial charge on any atom is -0.480 e. The smallest absolute Gasteiger partial charge is 0.326 e. The van der Waals surface area contributed by atoms with Crippen molar-refractivity contribution in [3.8, 4) is 0 Å². The van der Waals surface area contributed by atoms with Gasteiger partial charge in [0.1, 0.15) is 6.04 Å². The summed E-state index contributed by atoms with van der Waals surface area (Å²) in [5.74, 6) is -0.678. The number of benzene rings is 2. The fraction of sp³-hybridized carbons (Fsp3) is 0.318. The summed E-state index contributed by atoms with van der Waals surface area (Å²) in [6.45, 7) is 1.20. The van der Waals surface area contributed by atoms with E-state index in [4.69, 9.17) is 4.98 Å². The first kappa shape index (κ1) is 19.4. The minimum absolute atomic E-state index is 0.268. The van der Waals surface area contributed by atoms with E-state index >= 15 is 0 Å². The maximum atomic E-state index is 12.6. The van der Waals surface area contributed by atoms with Gasteiger partial charge >= 0.3 is 12.0 Å². The maximum absolute atomic E-state index is 12.6. The number of nitrogens with zero attached hydrogens (tertiary/aromatic N) is 2. The van der Waals surface area contributed by atoms with Crippen molar-refractivity contribution in [1.29, 1.82) is 0 Å². The van der Waals surface area contributed by atoms with Crippen molar-refractivity contribution in [3.05, 3.63) is 65.2 Å². The van der Waals surface area contributed by atoms with Crippen LogP contribution in [0.5, 0.6) is 0 Å². The molecule has 6 nitrogen and oxygen atoms in total. The van der Waals surface area contributed by atoms with E-state index < -0.39 is 12.0 Å². The van der Waals surface area contributed by atoms with Gasteiger partial charge in [-0.25, -0.2) is 14.6 Å². The molecule has 4 rings (SSSR count). The standard InChI is InChI=1S/C22H23N3O3S/c26-21(27)18(14-15-6-2-1-3-7-15)24-22(28)25-12-10-16(11-13-25)20-23-17-8-4-5-9-19(17)29-20/h1-9,16,18H,10-14H2,(H,24,28)(H,26,27). The number of carboxylic acids is 1. The second kappa shape index (κ2) is 8.61. The van der Waals surface area contributed by atoms with Gasteiger partial charge in [-0.3, -0.25) is 0 Å². The highest BCUT2D eigenvalue weighted by Crippen LogP contribution is 2.33. The number of hydrogen-bond donors (Lipinski definition) is 2. The summed E-state index contributed by atoms with van der Waals surface area (Å²) in [4.78, 5) is 30.7. The SMILES string of the molecule is O=C(O)C(Cc1ccccc1)NC(=O)N1CCC(c2nc3ccccc3s2)CC1. The van der Waals surface area contributed by atoms with Gasteiger partial charge < -0.3 is 15.3 Å². The molecule has 1 fully saturated rings. The van der Waals surface area contributed by atoms with Gasteiger partial charge in [0.25, 0.3) is 0 Å². The number of carbonyl (C=O) groups excluding carboxylic acids is 1. The van der Waals surface area contributed by atoms with Gasteiger partial charge in [-0.05, 0) is 30.5 Å². The van der Waals surface area contributed by atoms with Gasteiger partial charge in [-0.1, -0.05) is 42.5 Å². The fourth-order valence-electron chi connectivity index (χ4n) is 3.68. The number of aliphatic carboxylic acids is 1. The second-order valence-corrected chi connectivity index (χ2v) is 8.37. The van der Waals surface area contributed by atoms with Crippen molar-refractivity contribution in [1.82, 2.24) is 15.2 Å². The zero-order valence-corrected chi connectivity index (χ0v) is 16.8. The van der Waals surface area contributed by atoms with Gasteiger partial charge in [0.2, 0.25) is 0 Å². The van der Waals surface area contributed by atoms with Crippen molar-refractivity contribution in [2.75, 3.05) is 13.1 Å². The molecule has 1 aliphatic heterocycles. The Bertz CT molecular complexity index is 964. The zero-order valence-electron chi connectivity index (χ0n) is 16.0. The summed E-state index contributed by atoms with van der Waals surface area (Å²) in [6.07, 6.45) is 1.94. The van der Waals surface area contributed by atoms with Crippen molar-refractivity contribution < 1.29 is 14.7 Å². The first-order chi connectivity index (χ1) is 14.1. The van der Waals surface area contributed by atoms with Crippen LogP contribution in [-0.4, -0.2) is 46.1 Å². The molecule has 2 amide bonds. The molecular formula is C22H23N3O3S. The number of carboxylic acid groups (broad SMARTS) is 1. The lowest BCUT2D eigenvalue weighted by Crippen LogP contribution is -2.50. The molecule has 0 aliphatic carbocycles. The van der Waals surface area contributed by atoms with Gasteiger partial charge in [-0.15, -0.1) is 11.3 Å². The van der Waals surface area contributed by atoms with Crippen LogP contribution in [0.1, 0.15) is 29.3 Å². The first-order valence-electron chi connectivity index (χ1n) is 9.78. The summed E-state index contributed by atoms with van der Waals surface area (Å²) in [6, 6.07) is 16.2. The van der Waals surface area contributed by atoms with E-state index in [2.05, 4.69) is 11.4 Å². The van der Waals surface area contributed by atoms with Crippen LogP contribution in [0.15, 0.2) is 54.6 Å². The molecule has 1 atom stereocenters. The summed E-state index contributed by atoms with van der Waals surface area (Å²) in [5, 5.41) is 13.3. The van der Waals surface area contributed by atoms with E-state index in [-0.39, 0.29) is 12.5 Å². The number of likely N-dealkylation sites (tertiary alicyclic amines) is 1. The molecule has 150 valence electrons. The number of thiazole rings is 1. The lowest BCUT2D eigenvalue weighted by atomic mass is 9.98. The molecule has 2 heterocycles. The number of nitrogens with one attached hydrogen (secondary N) is 1. The number of urea groups is 1. The third kappa shape index (κ3) is 4.56. The van der Waals surface area contributed by atoms with Crippen LogP contribution in [0.4, 0.5) is 4.79 Å². The van der Waals surface area contributed by atoms with E-state index in [0.29, 0.717) is 19.0 Å². The van der Waals surface area contributed by atoms with Gasteiger partial charge in [0.15, 0.2) is 0 Å². The Morgan fingerprint density at radius 3 is 2.48 bits per heavy atom. The zero-order chi connectivity index (χ0) is 20.2. The number of carbonyl (C=O) groups is 2. The summed E-state index contributed by atoms with van der Waals surface area (Å²) >= 11 is 1.72. The Kier molecular flexibility index (Phi) is 5.76. The Balaban J connectivity index is 1.34. The average Bonchev–Trinajstić information content (AvgIpc) is 3.18. The highest BCUT2D eigenvalue weighted by molar-refractivity contribution is 7.18. The fourth-order valence-corrected chi connectivity index (χ4v) is 4.82. The van der Waals surface area contributed by atoms with Crippen LogP contribution in [0.2, 0.25) is 0 Å². The van der Waals surface area contributed by atoms with Crippen LogP contribution in [0.25, 0.3) is 10.2 Å². The van der Waals surface area contributed by atoms with E-state index in [1.165, 1.54) is 4.70 Å². The van der Waals surface area contributed by atoms with E-state index in [1.807, 2.05) is 48.5 Å². The van der Waals surface area contributed by atoms with Crippen LogP contribution >= 0.6 is 11.3 Å². The molecule has 3 aromatic rings. The van der Waals surface area contributed by atoms with Crippen LogP contribution in [0.3, 0.4) is 0 Å². The topological polar surface area (TPSA) is 82.5 Å². The number of hydrogen-bond acceptors (Lipinski definition) is 4. The van der Waals surface area contributed by atoms with Crippen LogP contribution < -0.4 is 5.32 Å². The van der Waals surface area contributed by atoms with E-state index in [9.17, 15) is 14.7 Å². The normalized spacial score (nSPS) is 15.9. The molecule has 0 radical (unpaired) electrons. The number of fused-ring (bicyclic) bond motifs is 1. The van der Waals surface area contributed by atoms with Crippen molar-refractivity contribution in [2.45, 2.75) is 31.2 Å². The largest absolute Gasteiger partial charge is 0.480 e. The molecule has 29 heavy (non-hydrogen) atoms. The van der Waals surface area contributed by atoms with Crippen LogP contribution in [-0.2, 0) is 11.2 Å². The van der Waals surface area contributed by atoms with Gasteiger partial charge in [0, 0.05) is 25.4 Å². The second-order valence-electron chi connectivity index (χ2n) is 7.31. The number of piperidine rings is 1. The molecule has 1 saturated heterocycles. The molecule has 0 saturated carbocycles. The number of para-hydroxylation sites is 1. The molecule has 0 spiro atoms. The highest BCUT2D eigenvalue weighted by atomic mass is 32.1. The molecule has 2 aromatic carbocycles. The molecule has 2 N–H and O–H groups in total. The van der Waals surface area contributed by atoms with Gasteiger partial charge in [-0.2, -0.15) is 0 Å². The third-order valence-corrected chi connectivity index (χ3v) is 6.52. The van der Waals surface area contributed by atoms with E-state index in [1.54, 1.807) is 16.2 Å². The molecule has 1 unspecified atom stereocenters. The average molecular weight is 410 g/mol. The lowest BCUT2D eigenvalue weighted by Gasteiger charge is -2.32. The first-order valence-corrected chi connectivity index (χ1v) is 10.6. The number of rotatable bonds is 5. The molecule has 1 aliphatic rings. The Hall–Kier alpha value is -2.93. The van der Waals surface area contributed by atoms with Crippen molar-refractivity contribution in [3.63, 3.8) is 0 Å². The molecule has 7 heteroatoms. The summed E-state index contributed by atoms with van der Waals surface area (Å²) in [7, 11) is 0. The quantitative estimate of drug-likeness (QED) is 0.670. The Morgan fingerprint density at radius 2 is 1.79 bits per heavy atom. The summed E-state index contributed by atoms with van der Waals surface area (Å²) < 4.78 is 1.19. The predicted octanol–water partition coefficient (Wildman–Crippen LogP) is 3.88. The molecule has 1 aromatic heterocycles.